The first-order chi connectivity index (χ1) is 9.16. The molecule has 5 heteroatoms. The van der Waals surface area contributed by atoms with E-state index < -0.39 is 18.0 Å². The number of benzene rings is 1. The lowest BCUT2D eigenvalue weighted by atomic mass is 10.1. The Morgan fingerprint density at radius 1 is 1.42 bits per heavy atom. The van der Waals surface area contributed by atoms with Crippen LogP contribution in [-0.2, 0) is 14.3 Å². The molecule has 2 aromatic rings. The van der Waals surface area contributed by atoms with Gasteiger partial charge in [0.1, 0.15) is 4.88 Å². The van der Waals surface area contributed by atoms with Crippen molar-refractivity contribution in [1.29, 1.82) is 0 Å². The van der Waals surface area contributed by atoms with Crippen LogP contribution in [0.4, 0.5) is 0 Å². The zero-order valence-electron chi connectivity index (χ0n) is 10.3. The topological polar surface area (TPSA) is 52.6 Å². The highest BCUT2D eigenvalue weighted by atomic mass is 32.1. The number of carbonyl (C=O) groups is 2. The molecule has 19 heavy (non-hydrogen) atoms. The zero-order valence-corrected chi connectivity index (χ0v) is 11.2. The van der Waals surface area contributed by atoms with Gasteiger partial charge in [0, 0.05) is 11.1 Å². The molecule has 0 amide bonds. The van der Waals surface area contributed by atoms with Crippen LogP contribution >= 0.6 is 11.3 Å². The van der Waals surface area contributed by atoms with Gasteiger partial charge >= 0.3 is 11.9 Å². The minimum Gasteiger partial charge on any atom is -0.463 e. The number of rotatable bonds is 2. The van der Waals surface area contributed by atoms with E-state index in [2.05, 4.69) is 0 Å². The Hall–Kier alpha value is -1.88. The molecule has 0 saturated carbocycles. The monoisotopic (exact) mass is 276 g/mol. The summed E-state index contributed by atoms with van der Waals surface area (Å²) < 4.78 is 11.0. The minimum atomic E-state index is -0.753. The summed E-state index contributed by atoms with van der Waals surface area (Å²) in [6.45, 7) is 2.21. The number of thiophene rings is 1. The molecule has 1 aliphatic rings. The quantitative estimate of drug-likeness (QED) is 0.791. The molecule has 0 N–H and O–H groups in total. The van der Waals surface area contributed by atoms with Gasteiger partial charge in [0.15, 0.2) is 0 Å². The van der Waals surface area contributed by atoms with Crippen molar-refractivity contribution < 1.29 is 19.1 Å². The zero-order chi connectivity index (χ0) is 13.4. The molecule has 0 spiro atoms. The van der Waals surface area contributed by atoms with Gasteiger partial charge in [0.05, 0.1) is 6.61 Å². The summed E-state index contributed by atoms with van der Waals surface area (Å²) in [6, 6.07) is 7.81. The van der Waals surface area contributed by atoms with Crippen LogP contribution in [0.2, 0.25) is 0 Å². The van der Waals surface area contributed by atoms with Crippen molar-refractivity contribution in [2.75, 3.05) is 6.61 Å². The Kier molecular flexibility index (Phi) is 2.98. The average Bonchev–Trinajstić information content (AvgIpc) is 2.95. The molecular weight excluding hydrogens is 264 g/mol. The van der Waals surface area contributed by atoms with Crippen molar-refractivity contribution in [2.24, 2.45) is 0 Å². The summed E-state index contributed by atoms with van der Waals surface area (Å²) in [7, 11) is 0. The van der Waals surface area contributed by atoms with Crippen molar-refractivity contribution in [1.82, 2.24) is 0 Å². The van der Waals surface area contributed by atoms with E-state index in [1.54, 1.807) is 0 Å². The maximum absolute atomic E-state index is 12.1. The van der Waals surface area contributed by atoms with Crippen LogP contribution in [0.25, 0.3) is 10.1 Å². The van der Waals surface area contributed by atoms with Gasteiger partial charge < -0.3 is 9.47 Å². The van der Waals surface area contributed by atoms with Crippen LogP contribution < -0.4 is 0 Å². The standard InChI is InChI=1S/C14H12O4S/c1-8-9-4-2-3-5-11(9)19-12(8)14(16)18-10-6-7-17-13(10)15/h2-5,10H,6-7H2,1H3. The van der Waals surface area contributed by atoms with Crippen molar-refractivity contribution >= 4 is 33.4 Å². The van der Waals surface area contributed by atoms with E-state index in [4.69, 9.17) is 9.47 Å². The number of hydrogen-bond donors (Lipinski definition) is 0. The number of fused-ring (bicyclic) bond motifs is 1. The first-order valence-corrected chi connectivity index (χ1v) is 6.84. The summed E-state index contributed by atoms with van der Waals surface area (Å²) >= 11 is 1.39. The number of carbonyl (C=O) groups excluding carboxylic acids is 2. The van der Waals surface area contributed by atoms with Gasteiger partial charge in [-0.1, -0.05) is 18.2 Å². The predicted octanol–water partition coefficient (Wildman–Crippen LogP) is 2.68. The number of hydrogen-bond acceptors (Lipinski definition) is 5. The molecule has 0 radical (unpaired) electrons. The van der Waals surface area contributed by atoms with Gasteiger partial charge in [-0.15, -0.1) is 11.3 Å². The second kappa shape index (κ2) is 4.66. The van der Waals surface area contributed by atoms with Crippen LogP contribution in [0.15, 0.2) is 24.3 Å². The molecule has 1 aromatic carbocycles. The lowest BCUT2D eigenvalue weighted by Crippen LogP contribution is -2.22. The summed E-state index contributed by atoms with van der Waals surface area (Å²) in [6.07, 6.45) is -0.314. The van der Waals surface area contributed by atoms with E-state index in [0.717, 1.165) is 15.6 Å². The van der Waals surface area contributed by atoms with Gasteiger partial charge in [-0.2, -0.15) is 0 Å². The van der Waals surface area contributed by atoms with E-state index in [9.17, 15) is 9.59 Å². The number of aryl methyl sites for hydroxylation is 1. The lowest BCUT2D eigenvalue weighted by molar-refractivity contribution is -0.145. The summed E-state index contributed by atoms with van der Waals surface area (Å²) in [5, 5.41) is 1.05. The fraction of sp³-hybridized carbons (Fsp3) is 0.286. The fourth-order valence-electron chi connectivity index (χ4n) is 2.14. The number of esters is 2. The number of cyclic esters (lactones) is 1. The summed E-state index contributed by atoms with van der Waals surface area (Å²) in [4.78, 5) is 24.0. The Morgan fingerprint density at radius 2 is 2.21 bits per heavy atom. The van der Waals surface area contributed by atoms with Gasteiger partial charge in [-0.25, -0.2) is 9.59 Å². The van der Waals surface area contributed by atoms with Gasteiger partial charge in [0.25, 0.3) is 0 Å². The van der Waals surface area contributed by atoms with E-state index in [0.29, 0.717) is 17.9 Å². The van der Waals surface area contributed by atoms with Gasteiger partial charge in [-0.3, -0.25) is 0 Å². The molecule has 98 valence electrons. The van der Waals surface area contributed by atoms with Crippen molar-refractivity contribution in [2.45, 2.75) is 19.4 Å². The molecule has 1 saturated heterocycles. The predicted molar refractivity (Wildman–Crippen MR) is 71.3 cm³/mol. The van der Waals surface area contributed by atoms with Crippen molar-refractivity contribution in [3.63, 3.8) is 0 Å². The smallest absolute Gasteiger partial charge is 0.349 e. The average molecular weight is 276 g/mol. The third kappa shape index (κ3) is 2.10. The third-order valence-electron chi connectivity index (χ3n) is 3.17. The molecule has 1 aliphatic heterocycles. The highest BCUT2D eigenvalue weighted by Crippen LogP contribution is 2.31. The second-order valence-corrected chi connectivity index (χ2v) is 5.45. The maximum Gasteiger partial charge on any atom is 0.349 e. The van der Waals surface area contributed by atoms with E-state index >= 15 is 0 Å². The van der Waals surface area contributed by atoms with Crippen LogP contribution in [0, 0.1) is 6.92 Å². The normalized spacial score (nSPS) is 18.6. The maximum atomic E-state index is 12.1. The molecular formula is C14H12O4S. The van der Waals surface area contributed by atoms with Gasteiger partial charge in [-0.05, 0) is 23.9 Å². The molecule has 1 atom stereocenters. The lowest BCUT2D eigenvalue weighted by Gasteiger charge is -2.07. The van der Waals surface area contributed by atoms with Crippen molar-refractivity contribution in [3.05, 3.63) is 34.7 Å². The Bertz CT molecular complexity index is 659. The van der Waals surface area contributed by atoms with Crippen LogP contribution in [0.1, 0.15) is 21.7 Å². The van der Waals surface area contributed by atoms with Crippen LogP contribution in [0.3, 0.4) is 0 Å². The molecule has 0 bridgehead atoms. The van der Waals surface area contributed by atoms with Gasteiger partial charge in [0.2, 0.25) is 6.10 Å². The Labute approximate surface area is 113 Å². The second-order valence-electron chi connectivity index (χ2n) is 4.40. The highest BCUT2D eigenvalue weighted by molar-refractivity contribution is 7.21. The molecule has 1 fully saturated rings. The summed E-state index contributed by atoms with van der Waals surface area (Å²) in [5.74, 6) is -0.894. The first-order valence-electron chi connectivity index (χ1n) is 6.02. The van der Waals surface area contributed by atoms with Crippen LogP contribution in [-0.4, -0.2) is 24.6 Å². The van der Waals surface area contributed by atoms with E-state index in [-0.39, 0.29) is 0 Å². The highest BCUT2D eigenvalue weighted by Gasteiger charge is 2.31. The fourth-order valence-corrected chi connectivity index (χ4v) is 3.23. The Balaban J connectivity index is 1.89. The van der Waals surface area contributed by atoms with Crippen molar-refractivity contribution in [3.8, 4) is 0 Å². The third-order valence-corrected chi connectivity index (χ3v) is 4.42. The minimum absolute atomic E-state index is 0.322. The summed E-state index contributed by atoms with van der Waals surface area (Å²) in [5.41, 5.74) is 0.900. The molecule has 1 aromatic heterocycles. The van der Waals surface area contributed by atoms with E-state index in [1.165, 1.54) is 11.3 Å². The molecule has 2 heterocycles. The molecule has 0 aliphatic carbocycles. The SMILES string of the molecule is Cc1c(C(=O)OC2CCOC2=O)sc2ccccc12. The molecule has 3 rings (SSSR count). The molecule has 1 unspecified atom stereocenters. The van der Waals surface area contributed by atoms with Crippen LogP contribution in [0.5, 0.6) is 0 Å². The number of ether oxygens (including phenoxy) is 2. The largest absolute Gasteiger partial charge is 0.463 e. The van der Waals surface area contributed by atoms with E-state index in [1.807, 2.05) is 31.2 Å². The first kappa shape index (κ1) is 12.2. The molecule has 4 nitrogen and oxygen atoms in total. The Morgan fingerprint density at radius 3 is 2.89 bits per heavy atom.